The molecule has 0 unspecified atom stereocenters. The van der Waals surface area contributed by atoms with Gasteiger partial charge in [-0.3, -0.25) is 4.79 Å². The topological polar surface area (TPSA) is 26.3 Å². The number of esters is 1. The predicted octanol–water partition coefficient (Wildman–Crippen LogP) is 11.1. The minimum Gasteiger partial charge on any atom is -0.424 e. The second kappa shape index (κ2) is 12.3. The summed E-state index contributed by atoms with van der Waals surface area (Å²) >= 11 is 10.2. The molecule has 0 aliphatic carbocycles. The van der Waals surface area contributed by atoms with E-state index in [9.17, 15) is 4.79 Å². The molecule has 6 aromatic carbocycles. The number of ether oxygens (including phenoxy) is 1. The van der Waals surface area contributed by atoms with Gasteiger partial charge in [0, 0.05) is 43.0 Å². The molecular weight excluding hydrogens is 564 g/mol. The van der Waals surface area contributed by atoms with E-state index in [1.165, 1.54) is 6.92 Å². The lowest BCUT2D eigenvalue weighted by molar-refractivity contribution is -0.131. The summed E-state index contributed by atoms with van der Waals surface area (Å²) in [5.74, 6) is -0.0430. The van der Waals surface area contributed by atoms with Crippen molar-refractivity contribution >= 4 is 51.9 Å². The van der Waals surface area contributed by atoms with Gasteiger partial charge >= 0.3 is 5.97 Å². The van der Waals surface area contributed by atoms with Crippen molar-refractivity contribution in [3.8, 4) is 28.0 Å². The molecule has 0 radical (unpaired) electrons. The predicted molar refractivity (Wildman–Crippen MR) is 172 cm³/mol. The van der Waals surface area contributed by atoms with Crippen molar-refractivity contribution in [1.82, 2.24) is 0 Å². The summed E-state index contributed by atoms with van der Waals surface area (Å²) in [4.78, 5) is 16.8. The Labute approximate surface area is 253 Å². The molecule has 2 nitrogen and oxygen atoms in total. The van der Waals surface area contributed by atoms with E-state index in [2.05, 4.69) is 84.9 Å². The van der Waals surface area contributed by atoms with Crippen LogP contribution in [0.4, 0.5) is 0 Å². The summed E-state index contributed by atoms with van der Waals surface area (Å²) in [6.45, 7) is 1.41. The van der Waals surface area contributed by atoms with Crippen molar-refractivity contribution in [3.63, 3.8) is 0 Å². The molecule has 0 atom stereocenters. The molecule has 0 bridgehead atoms. The smallest absolute Gasteiger partial charge is 0.308 e. The van der Waals surface area contributed by atoms with Gasteiger partial charge in [-0.2, -0.15) is 0 Å². The highest BCUT2D eigenvalue weighted by atomic mass is 35.5. The van der Waals surface area contributed by atoms with Crippen LogP contribution in [0.1, 0.15) is 6.92 Å². The molecule has 0 saturated carbocycles. The number of hydrogen-bond acceptors (Lipinski definition) is 4. The van der Waals surface area contributed by atoms with Crippen LogP contribution in [-0.4, -0.2) is 5.97 Å². The van der Waals surface area contributed by atoms with Crippen molar-refractivity contribution in [2.75, 3.05) is 0 Å². The van der Waals surface area contributed by atoms with Crippen molar-refractivity contribution in [1.29, 1.82) is 0 Å². The molecule has 0 spiro atoms. The van der Waals surface area contributed by atoms with E-state index in [-0.39, 0.29) is 0 Å². The molecular formula is C36H25ClO2S2. The molecule has 41 heavy (non-hydrogen) atoms. The molecule has 0 N–H and O–H groups in total. The van der Waals surface area contributed by atoms with Gasteiger partial charge in [-0.25, -0.2) is 0 Å². The average molecular weight is 589 g/mol. The fourth-order valence-corrected chi connectivity index (χ4v) is 7.44. The third kappa shape index (κ3) is 5.77. The van der Waals surface area contributed by atoms with Crippen molar-refractivity contribution in [2.45, 2.75) is 26.5 Å². The maximum atomic E-state index is 12.4. The van der Waals surface area contributed by atoms with Gasteiger partial charge in [-0.15, -0.1) is 0 Å². The van der Waals surface area contributed by atoms with Gasteiger partial charge in [0.1, 0.15) is 0 Å². The van der Waals surface area contributed by atoms with Gasteiger partial charge in [-0.1, -0.05) is 138 Å². The lowest BCUT2D eigenvalue weighted by atomic mass is 9.91. The molecule has 200 valence electrons. The SMILES string of the molecule is CC(=O)Oc1c(Cl)ccc2c(-c3ccccc3)c(Sc3ccccc3)c(Sc3ccccc3)c(-c3ccccc3)c12. The third-order valence-corrected chi connectivity index (χ3v) is 9.25. The number of rotatable bonds is 7. The highest BCUT2D eigenvalue weighted by Gasteiger charge is 2.27. The Morgan fingerprint density at radius 1 is 0.585 bits per heavy atom. The normalized spacial score (nSPS) is 11.0. The van der Waals surface area contributed by atoms with Crippen molar-refractivity contribution in [3.05, 3.63) is 138 Å². The summed E-state index contributed by atoms with van der Waals surface area (Å²) in [5.41, 5.74) is 4.13. The largest absolute Gasteiger partial charge is 0.424 e. The zero-order chi connectivity index (χ0) is 28.2. The quantitative estimate of drug-likeness (QED) is 0.137. The minimum absolute atomic E-state index is 0.374. The lowest BCUT2D eigenvalue weighted by Crippen LogP contribution is -2.04. The number of halogens is 1. The first-order valence-electron chi connectivity index (χ1n) is 13.2. The highest BCUT2D eigenvalue weighted by molar-refractivity contribution is 8.02. The Hall–Kier alpha value is -3.96. The van der Waals surface area contributed by atoms with Crippen LogP contribution < -0.4 is 4.74 Å². The first kappa shape index (κ1) is 27.2. The molecule has 0 fully saturated rings. The molecule has 6 rings (SSSR count). The van der Waals surface area contributed by atoms with Gasteiger partial charge in [-0.05, 0) is 46.8 Å². The maximum Gasteiger partial charge on any atom is 0.308 e. The van der Waals surface area contributed by atoms with E-state index < -0.39 is 5.97 Å². The number of carbonyl (C=O) groups is 1. The number of benzene rings is 6. The average Bonchev–Trinajstić information content (AvgIpc) is 3.01. The Morgan fingerprint density at radius 3 is 1.51 bits per heavy atom. The molecule has 5 heteroatoms. The van der Waals surface area contributed by atoms with E-state index in [0.717, 1.165) is 52.6 Å². The third-order valence-electron chi connectivity index (χ3n) is 6.59. The van der Waals surface area contributed by atoms with E-state index in [4.69, 9.17) is 16.3 Å². The van der Waals surface area contributed by atoms with Crippen LogP contribution in [0, 0.1) is 0 Å². The monoisotopic (exact) mass is 588 g/mol. The van der Waals surface area contributed by atoms with Crippen LogP contribution >= 0.6 is 35.1 Å². The molecule has 0 aromatic heterocycles. The van der Waals surface area contributed by atoms with Crippen molar-refractivity contribution in [2.24, 2.45) is 0 Å². The molecule has 0 aliphatic heterocycles. The Balaban J connectivity index is 1.82. The van der Waals surface area contributed by atoms with E-state index >= 15 is 0 Å². The van der Waals surface area contributed by atoms with Gasteiger partial charge in [0.15, 0.2) is 5.75 Å². The molecule has 0 heterocycles. The van der Waals surface area contributed by atoms with Crippen molar-refractivity contribution < 1.29 is 9.53 Å². The second-order valence-corrected chi connectivity index (χ2v) is 11.9. The number of carbonyl (C=O) groups excluding carboxylic acids is 1. The summed E-state index contributed by atoms with van der Waals surface area (Å²) in [5, 5.41) is 2.17. The zero-order valence-corrected chi connectivity index (χ0v) is 24.6. The van der Waals surface area contributed by atoms with Crippen LogP contribution in [-0.2, 0) is 4.79 Å². The fraction of sp³-hybridized carbons (Fsp3) is 0.0278. The Bertz CT molecular complexity index is 1830. The van der Waals surface area contributed by atoms with Gasteiger partial charge < -0.3 is 4.74 Å². The number of fused-ring (bicyclic) bond motifs is 1. The summed E-state index contributed by atoms with van der Waals surface area (Å²) in [6.07, 6.45) is 0. The first-order valence-corrected chi connectivity index (χ1v) is 15.2. The van der Waals surface area contributed by atoms with Crippen LogP contribution in [0.5, 0.6) is 5.75 Å². The van der Waals surface area contributed by atoms with Crippen LogP contribution in [0.15, 0.2) is 153 Å². The Kier molecular flexibility index (Phi) is 8.15. The molecule has 0 saturated heterocycles. The summed E-state index contributed by atoms with van der Waals surface area (Å²) in [7, 11) is 0. The zero-order valence-electron chi connectivity index (χ0n) is 22.2. The fourth-order valence-electron chi connectivity index (χ4n) is 4.90. The maximum absolute atomic E-state index is 12.4. The second-order valence-electron chi connectivity index (χ2n) is 9.36. The standard InChI is InChI=1S/C36H25ClO2S2/c1-24(38)39-34-30(37)23-22-29-31(25-14-6-2-7-15-25)35(40-27-18-10-4-11-19-27)36(41-28-20-12-5-13-21-28)32(33(29)34)26-16-8-3-9-17-26/h2-23H,1H3. The van der Waals surface area contributed by atoms with E-state index in [1.54, 1.807) is 23.5 Å². The molecule has 0 aliphatic rings. The summed E-state index contributed by atoms with van der Waals surface area (Å²) < 4.78 is 5.89. The van der Waals surface area contributed by atoms with Crippen LogP contribution in [0.25, 0.3) is 33.0 Å². The van der Waals surface area contributed by atoms with E-state index in [1.807, 2.05) is 48.5 Å². The van der Waals surface area contributed by atoms with E-state index in [0.29, 0.717) is 10.8 Å². The number of hydrogen-bond donors (Lipinski definition) is 0. The van der Waals surface area contributed by atoms with Crippen LogP contribution in [0.3, 0.4) is 0 Å². The summed E-state index contributed by atoms with van der Waals surface area (Å²) in [6, 6.07) is 45.3. The molecule has 6 aromatic rings. The Morgan fingerprint density at radius 2 is 1.02 bits per heavy atom. The first-order chi connectivity index (χ1) is 20.1. The van der Waals surface area contributed by atoms with Gasteiger partial charge in [0.25, 0.3) is 0 Å². The van der Waals surface area contributed by atoms with Crippen LogP contribution in [0.2, 0.25) is 5.02 Å². The minimum atomic E-state index is -0.417. The van der Waals surface area contributed by atoms with Gasteiger partial charge in [0.2, 0.25) is 0 Å². The van der Waals surface area contributed by atoms with Gasteiger partial charge in [0.05, 0.1) is 5.02 Å². The molecule has 0 amide bonds. The lowest BCUT2D eigenvalue weighted by Gasteiger charge is -2.24. The highest BCUT2D eigenvalue weighted by Crippen LogP contribution is 2.55.